The standard InChI is InChI=1S/C26H31ClFN5O3/c1-26(2,3)29-24(34)17-23-30-33(25(35)32(23)20-8-9-22(28)21(27)16-20)19-6-4-18(5-7-19)10-11-31-12-14-36-15-13-31/h4-9,16H,10-15,17H2,1-3H3,(H,29,34). The molecule has 192 valence electrons. The largest absolute Gasteiger partial charge is 0.379 e. The number of aromatic nitrogens is 3. The van der Waals surface area contributed by atoms with E-state index >= 15 is 0 Å². The topological polar surface area (TPSA) is 81.4 Å². The first-order chi connectivity index (χ1) is 17.1. The number of amides is 1. The summed E-state index contributed by atoms with van der Waals surface area (Å²) in [5.74, 6) is -0.658. The molecule has 0 aliphatic carbocycles. The molecule has 0 spiro atoms. The zero-order valence-electron chi connectivity index (χ0n) is 20.8. The molecule has 1 aliphatic rings. The Bertz CT molecular complexity index is 1270. The lowest BCUT2D eigenvalue weighted by molar-refractivity contribution is -0.121. The summed E-state index contributed by atoms with van der Waals surface area (Å²) in [5, 5.41) is 7.23. The van der Waals surface area contributed by atoms with Crippen LogP contribution in [0.15, 0.2) is 47.3 Å². The van der Waals surface area contributed by atoms with E-state index in [-0.39, 0.29) is 23.2 Å². The number of rotatable bonds is 7. The predicted molar refractivity (Wildman–Crippen MR) is 137 cm³/mol. The summed E-state index contributed by atoms with van der Waals surface area (Å²) in [4.78, 5) is 28.5. The van der Waals surface area contributed by atoms with E-state index < -0.39 is 17.0 Å². The summed E-state index contributed by atoms with van der Waals surface area (Å²) >= 11 is 5.98. The molecule has 0 atom stereocenters. The molecule has 1 saturated heterocycles. The number of hydrogen-bond acceptors (Lipinski definition) is 5. The lowest BCUT2D eigenvalue weighted by Gasteiger charge is -2.26. The smallest absolute Gasteiger partial charge is 0.355 e. The van der Waals surface area contributed by atoms with Gasteiger partial charge in [-0.3, -0.25) is 9.69 Å². The van der Waals surface area contributed by atoms with E-state index in [4.69, 9.17) is 16.3 Å². The molecule has 0 bridgehead atoms. The third-order valence-corrected chi connectivity index (χ3v) is 6.13. The van der Waals surface area contributed by atoms with E-state index in [2.05, 4.69) is 15.3 Å². The Hall–Kier alpha value is -3.01. The van der Waals surface area contributed by atoms with Crippen LogP contribution in [-0.2, 0) is 22.4 Å². The number of nitrogens with one attached hydrogen (secondary N) is 1. The third kappa shape index (κ3) is 6.40. The van der Waals surface area contributed by atoms with Crippen molar-refractivity contribution in [1.29, 1.82) is 0 Å². The average molecular weight is 516 g/mol. The minimum Gasteiger partial charge on any atom is -0.379 e. The SMILES string of the molecule is CC(C)(C)NC(=O)Cc1nn(-c2ccc(CCN3CCOCC3)cc2)c(=O)n1-c1ccc(F)c(Cl)c1. The molecule has 36 heavy (non-hydrogen) atoms. The van der Waals surface area contributed by atoms with E-state index in [1.54, 1.807) is 0 Å². The monoisotopic (exact) mass is 515 g/mol. The molecule has 0 radical (unpaired) electrons. The van der Waals surface area contributed by atoms with Gasteiger partial charge in [-0.05, 0) is 63.1 Å². The highest BCUT2D eigenvalue weighted by atomic mass is 35.5. The highest BCUT2D eigenvalue weighted by Gasteiger charge is 2.22. The van der Waals surface area contributed by atoms with Crippen LogP contribution >= 0.6 is 11.6 Å². The van der Waals surface area contributed by atoms with Gasteiger partial charge in [-0.1, -0.05) is 23.7 Å². The van der Waals surface area contributed by atoms with Crippen LogP contribution in [0.5, 0.6) is 0 Å². The quantitative estimate of drug-likeness (QED) is 0.523. The summed E-state index contributed by atoms with van der Waals surface area (Å²) in [6.45, 7) is 9.95. The van der Waals surface area contributed by atoms with Gasteiger partial charge in [-0.2, -0.15) is 4.68 Å². The van der Waals surface area contributed by atoms with Crippen molar-refractivity contribution in [3.05, 3.63) is 75.2 Å². The molecular formula is C26H31ClFN5O3. The summed E-state index contributed by atoms with van der Waals surface area (Å²) < 4.78 is 21.7. The van der Waals surface area contributed by atoms with Gasteiger partial charge >= 0.3 is 5.69 Å². The Morgan fingerprint density at radius 1 is 1.11 bits per heavy atom. The number of carbonyl (C=O) groups excluding carboxylic acids is 1. The van der Waals surface area contributed by atoms with Gasteiger partial charge in [0.2, 0.25) is 5.91 Å². The molecule has 1 amide bonds. The van der Waals surface area contributed by atoms with Gasteiger partial charge in [0.1, 0.15) is 11.6 Å². The van der Waals surface area contributed by atoms with Crippen LogP contribution in [0, 0.1) is 5.82 Å². The maximum atomic E-state index is 13.8. The number of halogens is 2. The Balaban J connectivity index is 1.62. The lowest BCUT2D eigenvalue weighted by Crippen LogP contribution is -2.41. The molecule has 2 aromatic carbocycles. The molecule has 1 aliphatic heterocycles. The molecule has 1 aromatic heterocycles. The van der Waals surface area contributed by atoms with E-state index in [1.807, 2.05) is 45.0 Å². The van der Waals surface area contributed by atoms with Crippen LogP contribution in [0.25, 0.3) is 11.4 Å². The zero-order valence-corrected chi connectivity index (χ0v) is 21.5. The second-order valence-electron chi connectivity index (χ2n) is 9.89. The fourth-order valence-corrected chi connectivity index (χ4v) is 4.27. The van der Waals surface area contributed by atoms with Gasteiger partial charge in [-0.25, -0.2) is 13.8 Å². The lowest BCUT2D eigenvalue weighted by atomic mass is 10.1. The number of carbonyl (C=O) groups is 1. The second kappa shape index (κ2) is 10.9. The Labute approximate surface area is 214 Å². The van der Waals surface area contributed by atoms with Crippen molar-refractivity contribution in [2.75, 3.05) is 32.8 Å². The van der Waals surface area contributed by atoms with Crippen molar-refractivity contribution >= 4 is 17.5 Å². The van der Waals surface area contributed by atoms with Crippen molar-refractivity contribution in [3.63, 3.8) is 0 Å². The van der Waals surface area contributed by atoms with Gasteiger partial charge < -0.3 is 10.1 Å². The van der Waals surface area contributed by atoms with Gasteiger partial charge in [0, 0.05) is 25.2 Å². The number of hydrogen-bond donors (Lipinski definition) is 1. The first kappa shape index (κ1) is 26.1. The van der Waals surface area contributed by atoms with Crippen LogP contribution in [0.3, 0.4) is 0 Å². The molecule has 0 saturated carbocycles. The minimum atomic E-state index is -0.597. The third-order valence-electron chi connectivity index (χ3n) is 5.84. The maximum Gasteiger partial charge on any atom is 0.355 e. The molecule has 1 N–H and O–H groups in total. The Morgan fingerprint density at radius 3 is 2.42 bits per heavy atom. The van der Waals surface area contributed by atoms with E-state index in [0.29, 0.717) is 11.4 Å². The first-order valence-electron chi connectivity index (χ1n) is 12.0. The van der Waals surface area contributed by atoms with E-state index in [9.17, 15) is 14.0 Å². The number of morpholine rings is 1. The van der Waals surface area contributed by atoms with Crippen LogP contribution < -0.4 is 11.0 Å². The van der Waals surface area contributed by atoms with Gasteiger partial charge in [0.25, 0.3) is 0 Å². The molecule has 3 aromatic rings. The highest BCUT2D eigenvalue weighted by Crippen LogP contribution is 2.20. The summed E-state index contributed by atoms with van der Waals surface area (Å²) in [6, 6.07) is 11.6. The minimum absolute atomic E-state index is 0.123. The van der Waals surface area contributed by atoms with Crippen LogP contribution in [0.1, 0.15) is 32.2 Å². The molecule has 10 heteroatoms. The molecule has 2 heterocycles. The summed E-state index contributed by atoms with van der Waals surface area (Å²) in [7, 11) is 0. The van der Waals surface area contributed by atoms with Crippen LogP contribution in [0.4, 0.5) is 4.39 Å². The number of benzene rings is 2. The van der Waals surface area contributed by atoms with E-state index in [1.165, 1.54) is 27.4 Å². The van der Waals surface area contributed by atoms with Gasteiger partial charge in [0.15, 0.2) is 0 Å². The Kier molecular flexibility index (Phi) is 7.92. The predicted octanol–water partition coefficient (Wildman–Crippen LogP) is 3.15. The maximum absolute atomic E-state index is 13.8. The second-order valence-corrected chi connectivity index (χ2v) is 10.3. The van der Waals surface area contributed by atoms with Crippen molar-refractivity contribution in [1.82, 2.24) is 24.6 Å². The van der Waals surface area contributed by atoms with Crippen molar-refractivity contribution < 1.29 is 13.9 Å². The van der Waals surface area contributed by atoms with Crippen LogP contribution in [-0.4, -0.2) is 63.5 Å². The normalized spacial score (nSPS) is 14.7. The van der Waals surface area contributed by atoms with Crippen LogP contribution in [0.2, 0.25) is 5.02 Å². The molecular weight excluding hydrogens is 485 g/mol. The fraction of sp³-hybridized carbons (Fsp3) is 0.423. The number of nitrogens with zero attached hydrogens (tertiary/aromatic N) is 4. The number of ether oxygens (including phenoxy) is 1. The summed E-state index contributed by atoms with van der Waals surface area (Å²) in [6.07, 6.45) is 0.752. The highest BCUT2D eigenvalue weighted by molar-refractivity contribution is 6.30. The zero-order chi connectivity index (χ0) is 25.9. The van der Waals surface area contributed by atoms with Crippen molar-refractivity contribution in [3.8, 4) is 11.4 Å². The molecule has 4 rings (SSSR count). The Morgan fingerprint density at radius 2 is 1.78 bits per heavy atom. The first-order valence-corrected chi connectivity index (χ1v) is 12.4. The summed E-state index contributed by atoms with van der Waals surface area (Å²) in [5.41, 5.74) is 1.13. The van der Waals surface area contributed by atoms with Gasteiger partial charge in [-0.15, -0.1) is 5.10 Å². The fourth-order valence-electron chi connectivity index (χ4n) is 4.10. The van der Waals surface area contributed by atoms with Crippen molar-refractivity contribution in [2.24, 2.45) is 0 Å². The van der Waals surface area contributed by atoms with Crippen molar-refractivity contribution in [2.45, 2.75) is 39.2 Å². The molecule has 0 unspecified atom stereocenters. The van der Waals surface area contributed by atoms with E-state index in [0.717, 1.165) is 44.8 Å². The van der Waals surface area contributed by atoms with Gasteiger partial charge in [0.05, 0.1) is 36.0 Å². The molecule has 1 fully saturated rings. The average Bonchev–Trinajstić information content (AvgIpc) is 3.14. The molecule has 8 nitrogen and oxygen atoms in total.